The van der Waals surface area contributed by atoms with Crippen LogP contribution in [0.1, 0.15) is 51.8 Å². The van der Waals surface area contributed by atoms with E-state index in [-0.39, 0.29) is 6.04 Å². The van der Waals surface area contributed by atoms with Gasteiger partial charge >= 0.3 is 0 Å². The van der Waals surface area contributed by atoms with E-state index in [0.29, 0.717) is 12.0 Å². The Bertz CT molecular complexity index is 424. The molecule has 3 nitrogen and oxygen atoms in total. The lowest BCUT2D eigenvalue weighted by atomic mass is 9.77. The van der Waals surface area contributed by atoms with Gasteiger partial charge in [0.05, 0.1) is 16.8 Å². The van der Waals surface area contributed by atoms with Gasteiger partial charge in [0, 0.05) is 6.54 Å². The molecule has 1 aliphatic rings. The predicted molar refractivity (Wildman–Crippen MR) is 86.6 cm³/mol. The van der Waals surface area contributed by atoms with Crippen molar-refractivity contribution >= 4 is 15.9 Å². The monoisotopic (exact) mass is 342 g/mol. The predicted octanol–water partition coefficient (Wildman–Crippen LogP) is 4.19. The van der Waals surface area contributed by atoms with Crippen LogP contribution in [0.15, 0.2) is 21.2 Å². The first kappa shape index (κ1) is 16.1. The minimum absolute atomic E-state index is 0.193. The van der Waals surface area contributed by atoms with E-state index in [9.17, 15) is 0 Å². The molecule has 2 heterocycles. The van der Waals surface area contributed by atoms with E-state index < -0.39 is 0 Å². The van der Waals surface area contributed by atoms with Gasteiger partial charge in [-0.1, -0.05) is 20.8 Å². The van der Waals surface area contributed by atoms with E-state index in [2.05, 4.69) is 41.6 Å². The number of halogens is 1. The van der Waals surface area contributed by atoms with Gasteiger partial charge in [-0.25, -0.2) is 0 Å². The van der Waals surface area contributed by atoms with Gasteiger partial charge in [-0.15, -0.1) is 0 Å². The van der Waals surface area contributed by atoms with Crippen molar-refractivity contribution in [3.05, 3.63) is 22.6 Å². The van der Waals surface area contributed by atoms with Crippen LogP contribution in [0.3, 0.4) is 0 Å². The lowest BCUT2D eigenvalue weighted by Crippen LogP contribution is -2.35. The van der Waals surface area contributed by atoms with E-state index >= 15 is 0 Å². The maximum atomic E-state index is 6.01. The van der Waals surface area contributed by atoms with Gasteiger partial charge in [0.15, 0.2) is 0 Å². The lowest BCUT2D eigenvalue weighted by Gasteiger charge is -2.31. The van der Waals surface area contributed by atoms with Crippen LogP contribution in [0.2, 0.25) is 0 Å². The molecule has 1 aromatic heterocycles. The number of rotatable bonds is 3. The van der Waals surface area contributed by atoms with E-state index in [1.807, 2.05) is 6.07 Å². The molecule has 0 radical (unpaired) electrons. The van der Waals surface area contributed by atoms with E-state index in [4.69, 9.17) is 10.2 Å². The molecule has 1 aromatic rings. The zero-order chi connectivity index (χ0) is 14.8. The summed E-state index contributed by atoms with van der Waals surface area (Å²) in [5, 5.41) is 0. The molecule has 0 spiro atoms. The van der Waals surface area contributed by atoms with Gasteiger partial charge in [-0.05, 0) is 65.7 Å². The maximum absolute atomic E-state index is 6.01. The first-order valence-corrected chi connectivity index (χ1v) is 8.39. The summed E-state index contributed by atoms with van der Waals surface area (Å²) in [5.41, 5.74) is 6.41. The summed E-state index contributed by atoms with van der Waals surface area (Å²) in [4.78, 5) is 2.50. The molecule has 2 rings (SSSR count). The average Bonchev–Trinajstić information content (AvgIpc) is 2.65. The highest BCUT2D eigenvalue weighted by molar-refractivity contribution is 9.10. The van der Waals surface area contributed by atoms with Crippen LogP contribution in [0.5, 0.6) is 0 Å². The highest BCUT2D eigenvalue weighted by Gasteiger charge is 2.30. The SMILES string of the molecule is CC(C)(C)C1CCCN(C(CN)c2occc2Br)CC1. The van der Waals surface area contributed by atoms with Crippen molar-refractivity contribution in [2.45, 2.75) is 46.1 Å². The van der Waals surface area contributed by atoms with Crippen molar-refractivity contribution in [2.75, 3.05) is 19.6 Å². The van der Waals surface area contributed by atoms with Crippen molar-refractivity contribution in [2.24, 2.45) is 17.1 Å². The molecule has 2 atom stereocenters. The number of likely N-dealkylation sites (tertiary alicyclic amines) is 1. The Morgan fingerprint density at radius 2 is 2.15 bits per heavy atom. The third-order valence-electron chi connectivity index (χ3n) is 4.60. The molecule has 1 fully saturated rings. The van der Waals surface area contributed by atoms with Crippen molar-refractivity contribution in [1.82, 2.24) is 4.90 Å². The van der Waals surface area contributed by atoms with Gasteiger partial charge in [0.2, 0.25) is 0 Å². The Balaban J connectivity index is 2.07. The molecule has 4 heteroatoms. The minimum Gasteiger partial charge on any atom is -0.466 e. The van der Waals surface area contributed by atoms with Gasteiger partial charge in [0.1, 0.15) is 5.76 Å². The quantitative estimate of drug-likeness (QED) is 0.895. The van der Waals surface area contributed by atoms with E-state index in [1.165, 1.54) is 19.3 Å². The first-order chi connectivity index (χ1) is 9.43. The molecule has 2 unspecified atom stereocenters. The molecular weight excluding hydrogens is 316 g/mol. The molecule has 1 saturated heterocycles. The number of hydrogen-bond acceptors (Lipinski definition) is 3. The van der Waals surface area contributed by atoms with Crippen LogP contribution < -0.4 is 5.73 Å². The number of hydrogen-bond donors (Lipinski definition) is 1. The summed E-state index contributed by atoms with van der Waals surface area (Å²) in [6, 6.07) is 2.14. The summed E-state index contributed by atoms with van der Waals surface area (Å²) in [5.74, 6) is 1.77. The Morgan fingerprint density at radius 1 is 1.40 bits per heavy atom. The standard InChI is InChI=1S/C16H27BrN2O/c1-16(2,3)12-5-4-8-19(9-6-12)14(11-18)15-13(17)7-10-20-15/h7,10,12,14H,4-6,8-9,11,18H2,1-3H3. The molecule has 1 aliphatic heterocycles. The molecule has 2 N–H and O–H groups in total. The number of nitrogens with zero attached hydrogens (tertiary/aromatic N) is 1. The Hall–Kier alpha value is -0.320. The van der Waals surface area contributed by atoms with Crippen LogP contribution in [0.4, 0.5) is 0 Å². The molecule has 0 bridgehead atoms. The van der Waals surface area contributed by atoms with Gasteiger partial charge < -0.3 is 10.2 Å². The fourth-order valence-corrected chi connectivity index (χ4v) is 3.73. The van der Waals surface area contributed by atoms with Gasteiger partial charge in [-0.3, -0.25) is 4.90 Å². The van der Waals surface area contributed by atoms with Crippen LogP contribution >= 0.6 is 15.9 Å². The molecule has 114 valence electrons. The topological polar surface area (TPSA) is 42.4 Å². The summed E-state index contributed by atoms with van der Waals surface area (Å²) in [7, 11) is 0. The number of furan rings is 1. The molecule has 20 heavy (non-hydrogen) atoms. The van der Waals surface area contributed by atoms with Crippen molar-refractivity contribution < 1.29 is 4.42 Å². The van der Waals surface area contributed by atoms with Gasteiger partial charge in [-0.2, -0.15) is 0 Å². The second-order valence-electron chi connectivity index (χ2n) is 6.91. The van der Waals surface area contributed by atoms with Crippen LogP contribution in [-0.4, -0.2) is 24.5 Å². The third kappa shape index (κ3) is 3.66. The molecule has 0 saturated carbocycles. The van der Waals surface area contributed by atoms with Crippen molar-refractivity contribution in [1.29, 1.82) is 0 Å². The Kier molecular flexibility index (Phi) is 5.32. The molecule has 0 aliphatic carbocycles. The fourth-order valence-electron chi connectivity index (χ4n) is 3.26. The maximum Gasteiger partial charge on any atom is 0.136 e. The minimum atomic E-state index is 0.193. The largest absolute Gasteiger partial charge is 0.466 e. The van der Waals surface area contributed by atoms with Crippen molar-refractivity contribution in [3.63, 3.8) is 0 Å². The van der Waals surface area contributed by atoms with E-state index in [1.54, 1.807) is 6.26 Å². The first-order valence-electron chi connectivity index (χ1n) is 7.60. The van der Waals surface area contributed by atoms with Crippen LogP contribution in [0.25, 0.3) is 0 Å². The Morgan fingerprint density at radius 3 is 2.70 bits per heavy atom. The summed E-state index contributed by atoms with van der Waals surface area (Å²) in [6.45, 7) is 9.90. The molecule has 0 amide bonds. The third-order valence-corrected chi connectivity index (χ3v) is 5.25. The smallest absolute Gasteiger partial charge is 0.136 e. The summed E-state index contributed by atoms with van der Waals surface area (Å²) < 4.78 is 6.67. The van der Waals surface area contributed by atoms with Crippen LogP contribution in [0, 0.1) is 11.3 Å². The highest BCUT2D eigenvalue weighted by atomic mass is 79.9. The fraction of sp³-hybridized carbons (Fsp3) is 0.750. The summed E-state index contributed by atoms with van der Waals surface area (Å²) >= 11 is 3.56. The molecule has 0 aromatic carbocycles. The normalized spacial score (nSPS) is 23.6. The average molecular weight is 343 g/mol. The van der Waals surface area contributed by atoms with Gasteiger partial charge in [0.25, 0.3) is 0 Å². The van der Waals surface area contributed by atoms with Crippen molar-refractivity contribution in [3.8, 4) is 0 Å². The lowest BCUT2D eigenvalue weighted by molar-refractivity contribution is 0.170. The van der Waals surface area contributed by atoms with Crippen LogP contribution in [-0.2, 0) is 0 Å². The Labute approximate surface area is 131 Å². The number of nitrogens with two attached hydrogens (primary N) is 1. The zero-order valence-corrected chi connectivity index (χ0v) is 14.4. The second kappa shape index (κ2) is 6.63. The highest BCUT2D eigenvalue weighted by Crippen LogP contribution is 2.36. The summed E-state index contributed by atoms with van der Waals surface area (Å²) in [6.07, 6.45) is 5.55. The second-order valence-corrected chi connectivity index (χ2v) is 7.77. The zero-order valence-electron chi connectivity index (χ0n) is 12.9. The molecular formula is C16H27BrN2O. The van der Waals surface area contributed by atoms with E-state index in [0.717, 1.165) is 29.2 Å².